The van der Waals surface area contributed by atoms with Gasteiger partial charge in [0.25, 0.3) is 0 Å². The maximum absolute atomic E-state index is 11.9. The number of piperazine rings is 1. The van der Waals surface area contributed by atoms with Crippen LogP contribution in [0.15, 0.2) is 12.4 Å². The van der Waals surface area contributed by atoms with Gasteiger partial charge in [-0.15, -0.1) is 0 Å². The molecule has 20 heavy (non-hydrogen) atoms. The number of aryl methyl sites for hydroxylation is 1. The molecule has 1 atom stereocenters. The maximum Gasteiger partial charge on any atom is 0.243 e. The second-order valence-electron chi connectivity index (χ2n) is 5.10. The fourth-order valence-corrected chi connectivity index (χ4v) is 2.56. The topological polar surface area (TPSA) is 70.5 Å². The number of rotatable bonds is 3. The van der Waals surface area contributed by atoms with Crippen molar-refractivity contribution in [3.05, 3.63) is 18.0 Å². The number of likely N-dealkylation sites (N-methyl/N-ethyl adjacent to an activating group) is 1. The van der Waals surface area contributed by atoms with Gasteiger partial charge in [-0.1, -0.05) is 0 Å². The van der Waals surface area contributed by atoms with Crippen molar-refractivity contribution < 1.29 is 9.59 Å². The van der Waals surface area contributed by atoms with E-state index in [2.05, 4.69) is 15.3 Å². The number of amides is 2. The minimum absolute atomic E-state index is 0.0559. The van der Waals surface area contributed by atoms with Crippen LogP contribution in [0.2, 0.25) is 0 Å². The lowest BCUT2D eigenvalue weighted by Crippen LogP contribution is -2.59. The van der Waals surface area contributed by atoms with Crippen LogP contribution in [0, 0.1) is 0 Å². The van der Waals surface area contributed by atoms with E-state index in [1.807, 2.05) is 19.4 Å². The van der Waals surface area contributed by atoms with Gasteiger partial charge in [0.15, 0.2) is 0 Å². The molecular formula is C13H21N5O2. The molecule has 7 nitrogen and oxygen atoms in total. The predicted octanol–water partition coefficient (Wildman–Crippen LogP) is -0.801. The summed E-state index contributed by atoms with van der Waals surface area (Å²) >= 11 is 0. The van der Waals surface area contributed by atoms with Crippen LogP contribution in [0.3, 0.4) is 0 Å². The number of nitrogens with zero attached hydrogens (tertiary/aromatic N) is 4. The van der Waals surface area contributed by atoms with Crippen molar-refractivity contribution in [1.29, 1.82) is 0 Å². The third-order valence-corrected chi connectivity index (χ3v) is 3.58. The highest BCUT2D eigenvalue weighted by molar-refractivity contribution is 5.87. The highest BCUT2D eigenvalue weighted by Crippen LogP contribution is 2.13. The molecule has 2 rings (SSSR count). The molecular weight excluding hydrogens is 258 g/mol. The zero-order chi connectivity index (χ0) is 14.7. The smallest absolute Gasteiger partial charge is 0.243 e. The van der Waals surface area contributed by atoms with Crippen molar-refractivity contribution in [3.63, 3.8) is 0 Å². The zero-order valence-electron chi connectivity index (χ0n) is 12.2. The Labute approximate surface area is 118 Å². The summed E-state index contributed by atoms with van der Waals surface area (Å²) in [4.78, 5) is 27.4. The van der Waals surface area contributed by atoms with E-state index in [1.54, 1.807) is 16.6 Å². The first-order chi connectivity index (χ1) is 9.51. The van der Waals surface area contributed by atoms with Gasteiger partial charge in [0.2, 0.25) is 11.8 Å². The Morgan fingerprint density at radius 3 is 2.75 bits per heavy atom. The summed E-state index contributed by atoms with van der Waals surface area (Å²) < 4.78 is 1.76. The van der Waals surface area contributed by atoms with Crippen LogP contribution in [-0.2, 0) is 23.2 Å². The van der Waals surface area contributed by atoms with Gasteiger partial charge in [-0.25, -0.2) is 0 Å². The van der Waals surface area contributed by atoms with E-state index in [0.717, 1.165) is 18.7 Å². The third-order valence-electron chi connectivity index (χ3n) is 3.58. The molecule has 7 heteroatoms. The Morgan fingerprint density at radius 2 is 2.20 bits per heavy atom. The second kappa shape index (κ2) is 6.04. The first-order valence-electron chi connectivity index (χ1n) is 6.70. The largest absolute Gasteiger partial charge is 0.357 e. The number of carbonyl (C=O) groups excluding carboxylic acids is 2. The van der Waals surface area contributed by atoms with Crippen LogP contribution in [0.1, 0.15) is 12.5 Å². The van der Waals surface area contributed by atoms with E-state index >= 15 is 0 Å². The molecule has 1 aliphatic rings. The Kier molecular flexibility index (Phi) is 4.39. The molecule has 0 radical (unpaired) electrons. The summed E-state index contributed by atoms with van der Waals surface area (Å²) in [5.74, 6) is -0.171. The molecule has 2 heterocycles. The van der Waals surface area contributed by atoms with Gasteiger partial charge in [0.05, 0.1) is 6.20 Å². The quantitative estimate of drug-likeness (QED) is 0.786. The summed E-state index contributed by atoms with van der Waals surface area (Å²) in [7, 11) is 3.48. The number of nitrogens with one attached hydrogen (secondary N) is 1. The SMILES string of the molecule is CNC(=O)C1CN(Cc2cnn(C)c2)CCN1C(C)=O. The van der Waals surface area contributed by atoms with E-state index in [0.29, 0.717) is 13.1 Å². The van der Waals surface area contributed by atoms with E-state index in [1.165, 1.54) is 6.92 Å². The molecule has 0 saturated carbocycles. The van der Waals surface area contributed by atoms with E-state index in [4.69, 9.17) is 0 Å². The standard InChI is InChI=1S/C13H21N5O2/c1-10(19)18-5-4-17(9-12(18)13(20)14-2)8-11-6-15-16(3)7-11/h6-7,12H,4-5,8-9H2,1-3H3,(H,14,20). The van der Waals surface area contributed by atoms with Crippen molar-refractivity contribution >= 4 is 11.8 Å². The molecule has 110 valence electrons. The average Bonchev–Trinajstić information content (AvgIpc) is 2.82. The summed E-state index contributed by atoms with van der Waals surface area (Å²) in [5, 5.41) is 6.77. The molecule has 1 unspecified atom stereocenters. The number of carbonyl (C=O) groups is 2. The lowest BCUT2D eigenvalue weighted by atomic mass is 10.1. The van der Waals surface area contributed by atoms with E-state index in [9.17, 15) is 9.59 Å². The summed E-state index contributed by atoms with van der Waals surface area (Å²) in [6.07, 6.45) is 3.79. The van der Waals surface area contributed by atoms with E-state index < -0.39 is 6.04 Å². The summed E-state index contributed by atoms with van der Waals surface area (Å²) in [5.41, 5.74) is 1.11. The minimum Gasteiger partial charge on any atom is -0.357 e. The third kappa shape index (κ3) is 3.16. The Balaban J connectivity index is 2.04. The first-order valence-corrected chi connectivity index (χ1v) is 6.70. The molecule has 1 fully saturated rings. The van der Waals surface area contributed by atoms with Crippen LogP contribution in [-0.4, -0.2) is 64.1 Å². The van der Waals surface area contributed by atoms with Crippen molar-refractivity contribution in [2.24, 2.45) is 7.05 Å². The predicted molar refractivity (Wildman–Crippen MR) is 73.7 cm³/mol. The van der Waals surface area contributed by atoms with Gasteiger partial charge in [-0.3, -0.25) is 19.2 Å². The van der Waals surface area contributed by atoms with Crippen molar-refractivity contribution in [3.8, 4) is 0 Å². The molecule has 0 bridgehead atoms. The van der Waals surface area contributed by atoms with Gasteiger partial charge in [-0.05, 0) is 0 Å². The summed E-state index contributed by atoms with van der Waals surface area (Å²) in [6.45, 7) is 4.14. The normalized spacial score (nSPS) is 19.9. The van der Waals surface area contributed by atoms with Gasteiger partial charge in [0, 0.05) is 59.0 Å². The monoisotopic (exact) mass is 279 g/mol. The molecule has 1 aliphatic heterocycles. The van der Waals surface area contributed by atoms with Gasteiger partial charge in [-0.2, -0.15) is 5.10 Å². The lowest BCUT2D eigenvalue weighted by Gasteiger charge is -2.39. The molecule has 1 saturated heterocycles. The molecule has 1 N–H and O–H groups in total. The highest BCUT2D eigenvalue weighted by Gasteiger charge is 2.33. The Bertz CT molecular complexity index is 499. The summed E-state index contributed by atoms with van der Waals surface area (Å²) in [6, 6.07) is -0.414. The molecule has 2 amide bonds. The zero-order valence-corrected chi connectivity index (χ0v) is 12.2. The Hall–Kier alpha value is -1.89. The highest BCUT2D eigenvalue weighted by atomic mass is 16.2. The van der Waals surface area contributed by atoms with Crippen LogP contribution in [0.5, 0.6) is 0 Å². The van der Waals surface area contributed by atoms with Crippen LogP contribution < -0.4 is 5.32 Å². The van der Waals surface area contributed by atoms with Crippen LogP contribution >= 0.6 is 0 Å². The van der Waals surface area contributed by atoms with Crippen LogP contribution in [0.4, 0.5) is 0 Å². The van der Waals surface area contributed by atoms with Gasteiger partial charge < -0.3 is 10.2 Å². The van der Waals surface area contributed by atoms with E-state index in [-0.39, 0.29) is 11.8 Å². The lowest BCUT2D eigenvalue weighted by molar-refractivity contribution is -0.142. The van der Waals surface area contributed by atoms with Gasteiger partial charge in [0.1, 0.15) is 6.04 Å². The molecule has 1 aromatic heterocycles. The fraction of sp³-hybridized carbons (Fsp3) is 0.615. The maximum atomic E-state index is 11.9. The number of hydrogen-bond acceptors (Lipinski definition) is 4. The number of hydrogen-bond donors (Lipinski definition) is 1. The Morgan fingerprint density at radius 1 is 1.45 bits per heavy atom. The number of aromatic nitrogens is 2. The molecule has 1 aromatic rings. The average molecular weight is 279 g/mol. The fourth-order valence-electron chi connectivity index (χ4n) is 2.56. The van der Waals surface area contributed by atoms with Gasteiger partial charge >= 0.3 is 0 Å². The first kappa shape index (κ1) is 14.5. The van der Waals surface area contributed by atoms with Crippen molar-refractivity contribution in [2.75, 3.05) is 26.7 Å². The van der Waals surface area contributed by atoms with Crippen LogP contribution in [0.25, 0.3) is 0 Å². The minimum atomic E-state index is -0.414. The second-order valence-corrected chi connectivity index (χ2v) is 5.10. The van der Waals surface area contributed by atoms with Crippen molar-refractivity contribution in [2.45, 2.75) is 19.5 Å². The van der Waals surface area contributed by atoms with Crippen molar-refractivity contribution in [1.82, 2.24) is 24.9 Å². The molecule has 0 aromatic carbocycles. The molecule has 0 spiro atoms. The molecule has 0 aliphatic carbocycles.